The predicted molar refractivity (Wildman–Crippen MR) is 153 cm³/mol. The molecule has 3 aromatic rings. The van der Waals surface area contributed by atoms with Crippen molar-refractivity contribution in [3.8, 4) is 0 Å². The Kier molecular flexibility index (Phi) is 8.88. The van der Waals surface area contributed by atoms with Crippen LogP contribution in [0.1, 0.15) is 28.6 Å². The second kappa shape index (κ2) is 12.7. The average Bonchev–Trinajstić information content (AvgIpc) is 3.79. The maximum Gasteiger partial charge on any atom is 0.472 e. The molecular formula is C23H31N9O14P2. The monoisotopic (exact) mass is 719 g/mol. The molecule has 3 unspecified atom stereocenters. The molecule has 0 radical (unpaired) electrons. The Hall–Kier alpha value is -2.99. The van der Waals surface area contributed by atoms with Crippen molar-refractivity contribution in [2.45, 2.75) is 61.8 Å². The minimum absolute atomic E-state index is 0.0370. The number of hydrogen-bond donors (Lipinski definition) is 7. The van der Waals surface area contributed by atoms with E-state index in [0.717, 1.165) is 6.33 Å². The topological polar surface area (TPSA) is 308 Å². The lowest BCUT2D eigenvalue weighted by Crippen LogP contribution is -2.51. The summed E-state index contributed by atoms with van der Waals surface area (Å²) in [5, 5.41) is 27.5. The quantitative estimate of drug-likeness (QED) is 0.138. The van der Waals surface area contributed by atoms with Gasteiger partial charge in [0.25, 0.3) is 5.91 Å². The van der Waals surface area contributed by atoms with E-state index in [4.69, 9.17) is 38.0 Å². The molecule has 25 heteroatoms. The van der Waals surface area contributed by atoms with Crippen molar-refractivity contribution in [3.05, 3.63) is 30.4 Å². The summed E-state index contributed by atoms with van der Waals surface area (Å²) in [6.07, 6.45) is -9.35. The molecule has 7 heterocycles. The summed E-state index contributed by atoms with van der Waals surface area (Å²) < 4.78 is 66.9. The molecule has 0 spiro atoms. The summed E-state index contributed by atoms with van der Waals surface area (Å²) in [6, 6.07) is 0. The van der Waals surface area contributed by atoms with Crippen LogP contribution in [0.15, 0.2) is 19.0 Å². The smallest absolute Gasteiger partial charge is 0.387 e. The number of hydrogen-bond acceptors (Lipinski definition) is 18. The van der Waals surface area contributed by atoms with E-state index < -0.39 is 90.1 Å². The highest BCUT2D eigenvalue weighted by atomic mass is 31.2. The molecule has 7 rings (SSSR count). The number of methoxy groups -OCH3 is 1. The van der Waals surface area contributed by atoms with Gasteiger partial charge < -0.3 is 44.8 Å². The molecule has 0 aromatic carbocycles. The first-order chi connectivity index (χ1) is 22.9. The Labute approximate surface area is 269 Å². The third-order valence-electron chi connectivity index (χ3n) is 8.05. The van der Waals surface area contributed by atoms with Crippen molar-refractivity contribution in [2.24, 2.45) is 5.73 Å². The molecule has 3 saturated heterocycles. The molecule has 3 fully saturated rings. The number of fused-ring (bicyclic) bond motifs is 5. The molecule has 4 aliphatic heterocycles. The van der Waals surface area contributed by atoms with Gasteiger partial charge in [0.1, 0.15) is 54.3 Å². The number of phosphoric acid groups is 2. The number of aliphatic hydroxyl groups is 2. The molecule has 0 aliphatic carbocycles. The minimum atomic E-state index is -5.10. The van der Waals surface area contributed by atoms with E-state index in [-0.39, 0.29) is 17.2 Å². The van der Waals surface area contributed by atoms with Crippen LogP contribution in [0.25, 0.3) is 11.2 Å². The first kappa shape index (κ1) is 33.5. The van der Waals surface area contributed by atoms with Gasteiger partial charge in [-0.3, -0.25) is 37.8 Å². The number of aromatic nitrogens is 6. The average molecular weight is 719 g/mol. The molecule has 3 aromatic heterocycles. The minimum Gasteiger partial charge on any atom is -0.387 e. The number of carbonyl (C=O) groups is 1. The lowest BCUT2D eigenvalue weighted by molar-refractivity contribution is -0.0676. The standard InChI is InChI=1S/C23H31N9O14P2/c1-40-3-2-9-12-18(26-6-25-9)31(7-27-12)21-15(34)16-11(44-21)5-42-48(38,39)46-17-14(33)10(4-41-47(36,37)45-16)43-22(17)32-8-28-13-19(32)29-23(24)30-20(13)35/h6-8,10-11,14-17,21-23,29,33-34H,2-5,24H2,1H3,(H,30,35)(H,36,37)(H,38,39)/t10-,11-,14-,15-,16-,17-,21-,22-,23?/m1/s1. The third-order valence-corrected chi connectivity index (χ3v) is 10.0. The van der Waals surface area contributed by atoms with Gasteiger partial charge >= 0.3 is 15.6 Å². The summed E-state index contributed by atoms with van der Waals surface area (Å²) in [6.45, 7) is -1.26. The number of nitrogens with zero attached hydrogens (tertiary/aromatic N) is 6. The Bertz CT molecular complexity index is 1790. The van der Waals surface area contributed by atoms with Crippen LogP contribution in [-0.2, 0) is 47.9 Å². The number of anilines is 1. The number of nitrogens with two attached hydrogens (primary N) is 1. The van der Waals surface area contributed by atoms with Crippen molar-refractivity contribution in [1.29, 1.82) is 0 Å². The number of ether oxygens (including phenoxy) is 3. The summed E-state index contributed by atoms with van der Waals surface area (Å²) in [5.41, 5.74) is 6.90. The van der Waals surface area contributed by atoms with Gasteiger partial charge in [0, 0.05) is 13.5 Å². The van der Waals surface area contributed by atoms with E-state index in [1.165, 1.54) is 28.9 Å². The Morgan fingerprint density at radius 1 is 0.938 bits per heavy atom. The van der Waals surface area contributed by atoms with E-state index in [0.29, 0.717) is 24.2 Å². The highest BCUT2D eigenvalue weighted by molar-refractivity contribution is 7.47. The van der Waals surface area contributed by atoms with Crippen molar-refractivity contribution >= 4 is 38.5 Å². The molecule has 48 heavy (non-hydrogen) atoms. The fourth-order valence-corrected chi connectivity index (χ4v) is 7.73. The van der Waals surface area contributed by atoms with Gasteiger partial charge in [0.15, 0.2) is 30.1 Å². The number of phosphoric ester groups is 2. The lowest BCUT2D eigenvalue weighted by atomic mass is 10.1. The molecule has 2 bridgehead atoms. The normalized spacial score (nSPS) is 38.7. The Morgan fingerprint density at radius 2 is 1.62 bits per heavy atom. The summed E-state index contributed by atoms with van der Waals surface area (Å²) in [5.74, 6) is -0.591. The largest absolute Gasteiger partial charge is 0.472 e. The van der Waals surface area contributed by atoms with E-state index in [2.05, 4.69) is 30.6 Å². The fourth-order valence-electron chi connectivity index (χ4n) is 5.84. The SMILES string of the molecule is COCCc1ncnc2c1ncn2[C@@H]1O[C@@H]2COP(=O)(O)O[C@@H]3[C@H](O)[C@@H](COP(=O)(O)O[C@H]2[C@H]1O)O[C@H]3n1cnc2c1NC(N)NC2=O. The maximum absolute atomic E-state index is 13.3. The molecular weight excluding hydrogens is 688 g/mol. The van der Waals surface area contributed by atoms with E-state index in [9.17, 15) is 33.9 Å². The van der Waals surface area contributed by atoms with E-state index in [1.54, 1.807) is 0 Å². The number of aliphatic hydroxyl groups excluding tert-OH is 2. The number of nitrogens with one attached hydrogen (secondary N) is 2. The van der Waals surface area contributed by atoms with Crippen molar-refractivity contribution in [3.63, 3.8) is 0 Å². The molecule has 262 valence electrons. The zero-order chi connectivity index (χ0) is 34.0. The van der Waals surface area contributed by atoms with Crippen LogP contribution in [-0.4, -0.2) is 125 Å². The number of amides is 1. The third kappa shape index (κ3) is 6.16. The van der Waals surface area contributed by atoms with Crippen LogP contribution in [0.2, 0.25) is 0 Å². The Balaban J connectivity index is 1.17. The second-order valence-electron chi connectivity index (χ2n) is 11.1. The summed E-state index contributed by atoms with van der Waals surface area (Å²) in [7, 11) is -8.63. The highest BCUT2D eigenvalue weighted by Gasteiger charge is 2.54. The Morgan fingerprint density at radius 3 is 2.38 bits per heavy atom. The van der Waals surface area contributed by atoms with Gasteiger partial charge in [0.2, 0.25) is 0 Å². The van der Waals surface area contributed by atoms with Gasteiger partial charge in [-0.15, -0.1) is 0 Å². The molecule has 8 N–H and O–H groups in total. The van der Waals surface area contributed by atoms with Gasteiger partial charge in [-0.1, -0.05) is 0 Å². The summed E-state index contributed by atoms with van der Waals surface area (Å²) in [4.78, 5) is 50.6. The zero-order valence-corrected chi connectivity index (χ0v) is 26.6. The van der Waals surface area contributed by atoms with Crippen LogP contribution in [0.3, 0.4) is 0 Å². The fraction of sp³-hybridized carbons (Fsp3) is 0.609. The van der Waals surface area contributed by atoms with Gasteiger partial charge in [-0.05, 0) is 0 Å². The van der Waals surface area contributed by atoms with Gasteiger partial charge in [0.05, 0.1) is 38.2 Å². The number of rotatable bonds is 5. The zero-order valence-electron chi connectivity index (χ0n) is 24.8. The lowest BCUT2D eigenvalue weighted by Gasteiger charge is -2.28. The number of carbonyl (C=O) groups excluding carboxylic acids is 1. The highest BCUT2D eigenvalue weighted by Crippen LogP contribution is 2.54. The first-order valence-corrected chi connectivity index (χ1v) is 17.4. The van der Waals surface area contributed by atoms with E-state index in [1.807, 2.05) is 0 Å². The molecule has 11 atom stereocenters. The van der Waals surface area contributed by atoms with Crippen LogP contribution < -0.4 is 16.4 Å². The maximum atomic E-state index is 13.3. The molecule has 1 amide bonds. The van der Waals surface area contributed by atoms with E-state index >= 15 is 0 Å². The first-order valence-electron chi connectivity index (χ1n) is 14.4. The van der Waals surface area contributed by atoms with Crippen molar-refractivity contribution in [2.75, 3.05) is 32.2 Å². The van der Waals surface area contributed by atoms with Crippen LogP contribution >= 0.6 is 15.6 Å². The van der Waals surface area contributed by atoms with Crippen LogP contribution in [0.5, 0.6) is 0 Å². The van der Waals surface area contributed by atoms with Crippen LogP contribution in [0, 0.1) is 0 Å². The second-order valence-corrected chi connectivity index (χ2v) is 13.9. The number of imidazole rings is 2. The summed E-state index contributed by atoms with van der Waals surface area (Å²) >= 11 is 0. The van der Waals surface area contributed by atoms with Gasteiger partial charge in [-0.25, -0.2) is 29.1 Å². The van der Waals surface area contributed by atoms with Crippen LogP contribution in [0.4, 0.5) is 5.82 Å². The molecule has 0 saturated carbocycles. The molecule has 4 aliphatic rings. The molecule has 23 nitrogen and oxygen atoms in total. The van der Waals surface area contributed by atoms with Crippen molar-refractivity contribution < 1.29 is 66.2 Å². The predicted octanol–water partition coefficient (Wildman–Crippen LogP) is -2.16. The van der Waals surface area contributed by atoms with Gasteiger partial charge in [-0.2, -0.15) is 0 Å². The van der Waals surface area contributed by atoms with Crippen molar-refractivity contribution in [1.82, 2.24) is 34.4 Å².